The molecule has 158 valence electrons. The van der Waals surface area contributed by atoms with Gasteiger partial charge >= 0.3 is 12.2 Å². The molecule has 30 heavy (non-hydrogen) atoms. The van der Waals surface area contributed by atoms with Gasteiger partial charge in [0.15, 0.2) is 0 Å². The van der Waals surface area contributed by atoms with Crippen LogP contribution in [0, 0.1) is 5.92 Å². The number of benzene rings is 1. The van der Waals surface area contributed by atoms with Crippen molar-refractivity contribution < 1.29 is 27.6 Å². The van der Waals surface area contributed by atoms with Gasteiger partial charge in [-0.25, -0.2) is 9.48 Å². The lowest BCUT2D eigenvalue weighted by Gasteiger charge is -2.21. The molecule has 2 aliphatic rings. The van der Waals surface area contributed by atoms with Crippen LogP contribution in [-0.4, -0.2) is 44.6 Å². The molecule has 1 aliphatic heterocycles. The second-order valence-electron chi connectivity index (χ2n) is 7.53. The molecule has 1 aromatic heterocycles. The average Bonchev–Trinajstić information content (AvgIpc) is 3.35. The Morgan fingerprint density at radius 1 is 1.33 bits per heavy atom. The molecule has 1 saturated heterocycles. The van der Waals surface area contributed by atoms with Crippen LogP contribution in [-0.2, 0) is 15.8 Å². The first-order chi connectivity index (χ1) is 14.1. The number of alkyl halides is 3. The monoisotopic (exact) mass is 421 g/mol. The molecule has 8 nitrogen and oxygen atoms in total. The zero-order valence-corrected chi connectivity index (χ0v) is 15.9. The first-order valence-electron chi connectivity index (χ1n) is 9.25. The van der Waals surface area contributed by atoms with E-state index < -0.39 is 41.7 Å². The molecular formula is C19H18F3N5O3. The summed E-state index contributed by atoms with van der Waals surface area (Å²) in [5, 5.41) is 8.97. The lowest BCUT2D eigenvalue weighted by atomic mass is 9.96. The Morgan fingerprint density at radius 2 is 2.07 bits per heavy atom. The van der Waals surface area contributed by atoms with Crippen molar-refractivity contribution in [3.8, 4) is 5.69 Å². The van der Waals surface area contributed by atoms with Crippen LogP contribution in [0.5, 0.6) is 0 Å². The summed E-state index contributed by atoms with van der Waals surface area (Å²) in [6, 6.07) is 3.74. The molecule has 2 heterocycles. The molecule has 1 atom stereocenters. The lowest BCUT2D eigenvalue weighted by molar-refractivity contribution is -0.137. The van der Waals surface area contributed by atoms with Crippen LogP contribution < -0.4 is 10.6 Å². The van der Waals surface area contributed by atoms with Crippen LogP contribution in [0.2, 0.25) is 0 Å². The molecule has 0 spiro atoms. The molecule has 1 aromatic carbocycles. The number of urea groups is 1. The van der Waals surface area contributed by atoms with Gasteiger partial charge in [0.25, 0.3) is 5.91 Å². The van der Waals surface area contributed by atoms with E-state index in [1.807, 2.05) is 0 Å². The highest BCUT2D eigenvalue weighted by Gasteiger charge is 2.56. The fourth-order valence-electron chi connectivity index (χ4n) is 3.55. The Labute approximate surface area is 169 Å². The van der Waals surface area contributed by atoms with Gasteiger partial charge in [0.1, 0.15) is 12.1 Å². The van der Waals surface area contributed by atoms with Gasteiger partial charge in [-0.2, -0.15) is 18.3 Å². The fourth-order valence-corrected chi connectivity index (χ4v) is 3.55. The molecule has 1 saturated carbocycles. The molecule has 0 radical (unpaired) electrons. The third-order valence-electron chi connectivity index (χ3n) is 5.35. The number of halogens is 3. The fraction of sp³-hybridized carbons (Fsp3) is 0.368. The summed E-state index contributed by atoms with van der Waals surface area (Å²) in [7, 11) is 0. The molecule has 11 heteroatoms. The molecule has 1 aliphatic carbocycles. The van der Waals surface area contributed by atoms with E-state index in [-0.39, 0.29) is 17.3 Å². The van der Waals surface area contributed by atoms with Gasteiger partial charge < -0.3 is 10.6 Å². The van der Waals surface area contributed by atoms with Gasteiger partial charge in [0.05, 0.1) is 16.9 Å². The van der Waals surface area contributed by atoms with Crippen molar-refractivity contribution in [2.24, 2.45) is 5.92 Å². The summed E-state index contributed by atoms with van der Waals surface area (Å²) < 4.78 is 40.7. The highest BCUT2D eigenvalue weighted by Crippen LogP contribution is 2.42. The Hall–Kier alpha value is -3.37. The Bertz CT molecular complexity index is 1020. The number of hydrogen-bond acceptors (Lipinski definition) is 4. The van der Waals surface area contributed by atoms with Crippen LogP contribution in [0.1, 0.15) is 25.3 Å². The van der Waals surface area contributed by atoms with Crippen molar-refractivity contribution >= 4 is 23.5 Å². The third kappa shape index (κ3) is 3.51. The van der Waals surface area contributed by atoms with E-state index in [2.05, 4.69) is 15.7 Å². The van der Waals surface area contributed by atoms with Crippen molar-refractivity contribution in [1.82, 2.24) is 20.0 Å². The van der Waals surface area contributed by atoms with E-state index in [9.17, 15) is 27.6 Å². The topological polar surface area (TPSA) is 96.3 Å². The summed E-state index contributed by atoms with van der Waals surface area (Å²) >= 11 is 0. The number of carbonyl (C=O) groups is 3. The van der Waals surface area contributed by atoms with Crippen LogP contribution >= 0.6 is 0 Å². The molecule has 4 rings (SSSR count). The minimum absolute atomic E-state index is 0.0249. The number of nitrogens with zero attached hydrogens (tertiary/aromatic N) is 3. The van der Waals surface area contributed by atoms with E-state index >= 15 is 0 Å². The van der Waals surface area contributed by atoms with E-state index in [0.717, 1.165) is 29.9 Å². The number of hydrogen-bond donors (Lipinski definition) is 2. The smallest absolute Gasteiger partial charge is 0.323 e. The third-order valence-corrected chi connectivity index (χ3v) is 5.35. The Kier molecular flexibility index (Phi) is 4.55. The maximum atomic E-state index is 13.1. The number of carbonyl (C=O) groups excluding carboxylic acids is 3. The molecule has 0 bridgehead atoms. The van der Waals surface area contributed by atoms with Gasteiger partial charge in [-0.05, 0) is 49.9 Å². The summed E-state index contributed by atoms with van der Waals surface area (Å²) in [6.07, 6.45) is -0.0506. The van der Waals surface area contributed by atoms with Crippen LogP contribution in [0.15, 0.2) is 36.7 Å². The summed E-state index contributed by atoms with van der Waals surface area (Å²) in [4.78, 5) is 38.2. The van der Waals surface area contributed by atoms with E-state index in [4.69, 9.17) is 0 Å². The predicted octanol–water partition coefficient (Wildman–Crippen LogP) is 2.55. The normalized spacial score (nSPS) is 21.7. The standard InChI is InChI=1S/C19H18F3N5O3/c1-18(11-3-4-11)16(29)26(17(30)25-18)10-15(28)24-13-9-12(19(20,21)22)5-6-14(13)27-8-2-7-23-27/h2,5-9,11H,3-4,10H2,1H3,(H,24,28)(H,25,30). The van der Waals surface area contributed by atoms with E-state index in [1.165, 1.54) is 23.1 Å². The van der Waals surface area contributed by atoms with Crippen LogP contribution in [0.25, 0.3) is 5.69 Å². The number of anilines is 1. The molecular weight excluding hydrogens is 403 g/mol. The summed E-state index contributed by atoms with van der Waals surface area (Å²) in [5.74, 6) is -1.29. The van der Waals surface area contributed by atoms with Gasteiger partial charge in [0, 0.05) is 12.4 Å². The number of nitrogens with one attached hydrogen (secondary N) is 2. The first-order valence-corrected chi connectivity index (χ1v) is 9.25. The zero-order valence-electron chi connectivity index (χ0n) is 15.9. The minimum atomic E-state index is -4.61. The van der Waals surface area contributed by atoms with Gasteiger partial charge in [0.2, 0.25) is 5.91 Å². The number of amides is 4. The zero-order chi connectivity index (χ0) is 21.7. The van der Waals surface area contributed by atoms with Crippen molar-refractivity contribution in [3.63, 3.8) is 0 Å². The van der Waals surface area contributed by atoms with Crippen molar-refractivity contribution in [2.45, 2.75) is 31.5 Å². The molecule has 4 amide bonds. The second kappa shape index (κ2) is 6.85. The molecule has 2 N–H and O–H groups in total. The maximum absolute atomic E-state index is 13.1. The Morgan fingerprint density at radius 3 is 2.67 bits per heavy atom. The number of imide groups is 1. The molecule has 1 unspecified atom stereocenters. The lowest BCUT2D eigenvalue weighted by Crippen LogP contribution is -2.46. The highest BCUT2D eigenvalue weighted by atomic mass is 19.4. The second-order valence-corrected chi connectivity index (χ2v) is 7.53. The summed E-state index contributed by atoms with van der Waals surface area (Å²) in [6.45, 7) is 1.01. The Balaban J connectivity index is 1.57. The first kappa shape index (κ1) is 19.9. The van der Waals surface area contributed by atoms with Gasteiger partial charge in [-0.3, -0.25) is 14.5 Å². The SMILES string of the molecule is CC1(C2CC2)NC(=O)N(CC(=O)Nc2cc(C(F)(F)F)ccc2-n2cccn2)C1=O. The van der Waals surface area contributed by atoms with E-state index in [1.54, 1.807) is 13.0 Å². The quantitative estimate of drug-likeness (QED) is 0.726. The van der Waals surface area contributed by atoms with Crippen molar-refractivity contribution in [3.05, 3.63) is 42.2 Å². The van der Waals surface area contributed by atoms with Gasteiger partial charge in [-0.15, -0.1) is 0 Å². The number of aromatic nitrogens is 2. The largest absolute Gasteiger partial charge is 0.416 e. The predicted molar refractivity (Wildman–Crippen MR) is 98.6 cm³/mol. The van der Waals surface area contributed by atoms with Crippen LogP contribution in [0.4, 0.5) is 23.7 Å². The summed E-state index contributed by atoms with van der Waals surface area (Å²) in [5.41, 5.74) is -1.93. The maximum Gasteiger partial charge on any atom is 0.416 e. The van der Waals surface area contributed by atoms with Gasteiger partial charge in [-0.1, -0.05) is 0 Å². The minimum Gasteiger partial charge on any atom is -0.323 e. The van der Waals surface area contributed by atoms with Crippen molar-refractivity contribution in [1.29, 1.82) is 0 Å². The highest BCUT2D eigenvalue weighted by molar-refractivity contribution is 6.10. The van der Waals surface area contributed by atoms with Crippen LogP contribution in [0.3, 0.4) is 0 Å². The molecule has 2 fully saturated rings. The average molecular weight is 421 g/mol. The number of rotatable bonds is 5. The molecule has 2 aromatic rings. The van der Waals surface area contributed by atoms with Crippen molar-refractivity contribution in [2.75, 3.05) is 11.9 Å². The van der Waals surface area contributed by atoms with E-state index in [0.29, 0.717) is 0 Å².